The second-order valence-electron chi connectivity index (χ2n) is 4.68. The van der Waals surface area contributed by atoms with Crippen molar-refractivity contribution in [1.29, 1.82) is 0 Å². The van der Waals surface area contributed by atoms with Crippen LogP contribution in [0.4, 0.5) is 11.5 Å². The maximum absolute atomic E-state index is 5.88. The van der Waals surface area contributed by atoms with E-state index in [-0.39, 0.29) is 0 Å². The highest BCUT2D eigenvalue weighted by Gasteiger charge is 2.13. The largest absolute Gasteiger partial charge is 0.481 e. The maximum atomic E-state index is 5.88. The Bertz CT molecular complexity index is 362. The molecule has 0 bridgehead atoms. The predicted molar refractivity (Wildman–Crippen MR) is 70.3 cm³/mol. The first-order chi connectivity index (χ1) is 8.29. The van der Waals surface area contributed by atoms with Crippen LogP contribution in [0.5, 0.6) is 5.88 Å². The molecule has 0 saturated heterocycles. The Morgan fingerprint density at radius 1 is 1.35 bits per heavy atom. The summed E-state index contributed by atoms with van der Waals surface area (Å²) in [5, 5.41) is 3.34. The van der Waals surface area contributed by atoms with Gasteiger partial charge in [0.2, 0.25) is 5.88 Å². The van der Waals surface area contributed by atoms with E-state index >= 15 is 0 Å². The zero-order valence-electron chi connectivity index (χ0n) is 10.4. The summed E-state index contributed by atoms with van der Waals surface area (Å²) >= 11 is 0. The minimum atomic E-state index is 0.602. The molecule has 4 nitrogen and oxygen atoms in total. The fourth-order valence-electron chi connectivity index (χ4n) is 2.34. The van der Waals surface area contributed by atoms with Crippen LogP contribution in [-0.4, -0.2) is 18.6 Å². The molecule has 0 aliphatic heterocycles. The summed E-state index contributed by atoms with van der Waals surface area (Å²) in [4.78, 5) is 4.32. The van der Waals surface area contributed by atoms with Crippen molar-refractivity contribution in [3.8, 4) is 5.88 Å². The number of nitrogens with one attached hydrogen (secondary N) is 1. The van der Waals surface area contributed by atoms with E-state index in [0.717, 1.165) is 18.3 Å². The molecule has 1 aromatic heterocycles. The Morgan fingerprint density at radius 2 is 2.12 bits per heavy atom. The Balaban J connectivity index is 1.92. The number of anilines is 2. The third kappa shape index (κ3) is 3.25. The Morgan fingerprint density at radius 3 is 2.82 bits per heavy atom. The number of pyridine rings is 1. The van der Waals surface area contributed by atoms with Crippen LogP contribution in [0, 0.1) is 5.92 Å². The van der Waals surface area contributed by atoms with Gasteiger partial charge in [-0.1, -0.05) is 19.3 Å². The third-order valence-corrected chi connectivity index (χ3v) is 3.39. The van der Waals surface area contributed by atoms with Gasteiger partial charge in [-0.15, -0.1) is 0 Å². The monoisotopic (exact) mass is 235 g/mol. The van der Waals surface area contributed by atoms with Gasteiger partial charge in [-0.2, -0.15) is 4.98 Å². The summed E-state index contributed by atoms with van der Waals surface area (Å²) in [6.07, 6.45) is 6.73. The molecule has 1 aliphatic rings. The highest BCUT2D eigenvalue weighted by Crippen LogP contribution is 2.25. The van der Waals surface area contributed by atoms with Crippen molar-refractivity contribution in [2.24, 2.45) is 5.92 Å². The molecular weight excluding hydrogens is 214 g/mol. The molecule has 1 fully saturated rings. The minimum Gasteiger partial charge on any atom is -0.481 e. The molecule has 4 heteroatoms. The first kappa shape index (κ1) is 12.0. The lowest BCUT2D eigenvalue weighted by atomic mass is 9.89. The summed E-state index contributed by atoms with van der Waals surface area (Å²) in [5.41, 5.74) is 6.56. The smallest absolute Gasteiger partial charge is 0.215 e. The van der Waals surface area contributed by atoms with Crippen LogP contribution < -0.4 is 15.8 Å². The molecule has 1 saturated carbocycles. The minimum absolute atomic E-state index is 0.602. The molecule has 1 heterocycles. The summed E-state index contributed by atoms with van der Waals surface area (Å²) in [5.74, 6) is 2.11. The third-order valence-electron chi connectivity index (χ3n) is 3.39. The van der Waals surface area contributed by atoms with E-state index in [9.17, 15) is 0 Å². The molecule has 3 N–H and O–H groups in total. The molecule has 0 atom stereocenters. The highest BCUT2D eigenvalue weighted by atomic mass is 16.5. The van der Waals surface area contributed by atoms with Crippen molar-refractivity contribution < 1.29 is 4.74 Å². The van der Waals surface area contributed by atoms with Gasteiger partial charge >= 0.3 is 0 Å². The fourth-order valence-corrected chi connectivity index (χ4v) is 2.34. The van der Waals surface area contributed by atoms with E-state index in [1.807, 2.05) is 6.07 Å². The van der Waals surface area contributed by atoms with Gasteiger partial charge in [0.05, 0.1) is 12.8 Å². The number of nitrogens with zero attached hydrogens (tertiary/aromatic N) is 1. The van der Waals surface area contributed by atoms with Gasteiger partial charge in [-0.3, -0.25) is 0 Å². The lowest BCUT2D eigenvalue weighted by Crippen LogP contribution is -2.18. The number of rotatable bonds is 4. The lowest BCUT2D eigenvalue weighted by molar-refractivity contribution is 0.372. The molecule has 0 amide bonds. The topological polar surface area (TPSA) is 60.2 Å². The average Bonchev–Trinajstić information content (AvgIpc) is 2.39. The molecule has 0 aromatic carbocycles. The summed E-state index contributed by atoms with van der Waals surface area (Å²) < 4.78 is 5.09. The SMILES string of the molecule is COc1ccc(N)c(NCC2CCCCC2)n1. The first-order valence-corrected chi connectivity index (χ1v) is 6.34. The van der Waals surface area contributed by atoms with E-state index in [4.69, 9.17) is 10.5 Å². The molecule has 1 aromatic rings. The number of methoxy groups -OCH3 is 1. The molecule has 2 rings (SSSR count). The molecule has 94 valence electrons. The van der Waals surface area contributed by atoms with Gasteiger partial charge in [0.25, 0.3) is 0 Å². The van der Waals surface area contributed by atoms with E-state index in [1.165, 1.54) is 32.1 Å². The van der Waals surface area contributed by atoms with Crippen molar-refractivity contribution in [3.63, 3.8) is 0 Å². The summed E-state index contributed by atoms with van der Waals surface area (Å²) in [6, 6.07) is 3.61. The van der Waals surface area contributed by atoms with Crippen molar-refractivity contribution >= 4 is 11.5 Å². The Hall–Kier alpha value is -1.45. The number of aromatic nitrogens is 1. The quantitative estimate of drug-likeness (QED) is 0.842. The van der Waals surface area contributed by atoms with Gasteiger partial charge in [0, 0.05) is 12.6 Å². The maximum Gasteiger partial charge on any atom is 0.215 e. The standard InChI is InChI=1S/C13H21N3O/c1-17-12-8-7-11(14)13(16-12)15-9-10-5-3-2-4-6-10/h7-8,10H,2-6,9,14H2,1H3,(H,15,16). The van der Waals surface area contributed by atoms with E-state index in [2.05, 4.69) is 10.3 Å². The number of nitrogen functional groups attached to an aromatic ring is 1. The van der Waals surface area contributed by atoms with Crippen LogP contribution in [0.1, 0.15) is 32.1 Å². The molecule has 0 radical (unpaired) electrons. The van der Waals surface area contributed by atoms with E-state index in [1.54, 1.807) is 13.2 Å². The second kappa shape index (κ2) is 5.75. The second-order valence-corrected chi connectivity index (χ2v) is 4.68. The van der Waals surface area contributed by atoms with Crippen LogP contribution in [0.15, 0.2) is 12.1 Å². The van der Waals surface area contributed by atoms with Crippen LogP contribution in [0.2, 0.25) is 0 Å². The van der Waals surface area contributed by atoms with Gasteiger partial charge in [0.1, 0.15) is 0 Å². The predicted octanol–water partition coefficient (Wildman–Crippen LogP) is 2.66. The van der Waals surface area contributed by atoms with Gasteiger partial charge in [-0.25, -0.2) is 0 Å². The zero-order valence-corrected chi connectivity index (χ0v) is 10.4. The van der Waals surface area contributed by atoms with Gasteiger partial charge in [0.15, 0.2) is 5.82 Å². The van der Waals surface area contributed by atoms with E-state index in [0.29, 0.717) is 11.6 Å². The number of nitrogens with two attached hydrogens (primary N) is 1. The number of ether oxygens (including phenoxy) is 1. The highest BCUT2D eigenvalue weighted by molar-refractivity contribution is 5.61. The Kier molecular flexibility index (Phi) is 4.07. The number of hydrogen-bond donors (Lipinski definition) is 2. The van der Waals surface area contributed by atoms with Gasteiger partial charge < -0.3 is 15.8 Å². The Labute approximate surface area is 103 Å². The van der Waals surface area contributed by atoms with Gasteiger partial charge in [-0.05, 0) is 24.8 Å². The summed E-state index contributed by atoms with van der Waals surface area (Å²) in [7, 11) is 1.61. The van der Waals surface area contributed by atoms with Crippen LogP contribution in [0.25, 0.3) is 0 Å². The van der Waals surface area contributed by atoms with Crippen molar-refractivity contribution in [3.05, 3.63) is 12.1 Å². The van der Waals surface area contributed by atoms with Crippen LogP contribution >= 0.6 is 0 Å². The van der Waals surface area contributed by atoms with Crippen LogP contribution in [-0.2, 0) is 0 Å². The molecule has 0 spiro atoms. The zero-order chi connectivity index (χ0) is 12.1. The van der Waals surface area contributed by atoms with Crippen LogP contribution in [0.3, 0.4) is 0 Å². The summed E-state index contributed by atoms with van der Waals surface area (Å²) in [6.45, 7) is 0.963. The van der Waals surface area contributed by atoms with Crippen molar-refractivity contribution in [2.45, 2.75) is 32.1 Å². The molecule has 0 unspecified atom stereocenters. The number of hydrogen-bond acceptors (Lipinski definition) is 4. The van der Waals surface area contributed by atoms with E-state index < -0.39 is 0 Å². The van der Waals surface area contributed by atoms with Crippen molar-refractivity contribution in [1.82, 2.24) is 4.98 Å². The lowest BCUT2D eigenvalue weighted by Gasteiger charge is -2.22. The molecular formula is C13H21N3O. The first-order valence-electron chi connectivity index (χ1n) is 6.34. The average molecular weight is 235 g/mol. The molecule has 17 heavy (non-hydrogen) atoms. The molecule has 1 aliphatic carbocycles. The normalized spacial score (nSPS) is 16.8. The van der Waals surface area contributed by atoms with Crippen molar-refractivity contribution in [2.75, 3.05) is 24.7 Å². The fraction of sp³-hybridized carbons (Fsp3) is 0.615.